The predicted octanol–water partition coefficient (Wildman–Crippen LogP) is 2.03. The van der Waals surface area contributed by atoms with Crippen LogP contribution >= 0.6 is 0 Å². The molecule has 0 aromatic heterocycles. The van der Waals surface area contributed by atoms with Crippen LogP contribution in [0.1, 0.15) is 26.7 Å². The summed E-state index contributed by atoms with van der Waals surface area (Å²) in [5.41, 5.74) is 0. The molecule has 118 valence electrons. The molecule has 4 aliphatic rings. The van der Waals surface area contributed by atoms with Crippen LogP contribution in [-0.2, 0) is 19.1 Å². The SMILES string of the molecule is CC(C)CCOC(=O)C1CC2C(=O)C1C1C3C=CC(C3=O)C21. The lowest BCUT2D eigenvalue weighted by Gasteiger charge is -2.33. The molecule has 0 saturated heterocycles. The Morgan fingerprint density at radius 1 is 1.18 bits per heavy atom. The zero-order valence-corrected chi connectivity index (χ0v) is 13.0. The third-order valence-electron chi connectivity index (χ3n) is 6.21. The van der Waals surface area contributed by atoms with E-state index in [4.69, 9.17) is 4.74 Å². The number of hydrogen-bond acceptors (Lipinski definition) is 4. The number of Topliss-reactive ketones (excluding diaryl/α,β-unsaturated/α-hetero) is 2. The van der Waals surface area contributed by atoms with Gasteiger partial charge >= 0.3 is 5.97 Å². The van der Waals surface area contributed by atoms with E-state index in [0.717, 1.165) is 6.42 Å². The Morgan fingerprint density at radius 3 is 2.55 bits per heavy atom. The number of ketones is 2. The van der Waals surface area contributed by atoms with Crippen molar-refractivity contribution in [2.24, 2.45) is 47.3 Å². The predicted molar refractivity (Wildman–Crippen MR) is 78.6 cm³/mol. The molecule has 0 radical (unpaired) electrons. The first kappa shape index (κ1) is 14.2. The molecule has 0 spiro atoms. The molecule has 0 amide bonds. The van der Waals surface area contributed by atoms with E-state index in [1.54, 1.807) is 0 Å². The van der Waals surface area contributed by atoms with Crippen molar-refractivity contribution in [1.82, 2.24) is 0 Å². The Hall–Kier alpha value is -1.45. The molecule has 7 unspecified atom stereocenters. The first-order valence-corrected chi connectivity index (χ1v) is 8.43. The van der Waals surface area contributed by atoms with E-state index in [-0.39, 0.29) is 59.0 Å². The molecule has 22 heavy (non-hydrogen) atoms. The minimum atomic E-state index is -0.313. The third kappa shape index (κ3) is 1.73. The molecule has 4 rings (SSSR count). The highest BCUT2D eigenvalue weighted by atomic mass is 16.5. The smallest absolute Gasteiger partial charge is 0.309 e. The second-order valence-electron chi connectivity index (χ2n) is 7.72. The highest BCUT2D eigenvalue weighted by Gasteiger charge is 2.69. The van der Waals surface area contributed by atoms with E-state index in [1.165, 1.54) is 0 Å². The van der Waals surface area contributed by atoms with Gasteiger partial charge in [-0.2, -0.15) is 0 Å². The van der Waals surface area contributed by atoms with Gasteiger partial charge in [-0.05, 0) is 30.6 Å². The van der Waals surface area contributed by atoms with E-state index < -0.39 is 0 Å². The molecule has 4 aliphatic carbocycles. The van der Waals surface area contributed by atoms with Gasteiger partial charge < -0.3 is 4.74 Å². The summed E-state index contributed by atoms with van der Waals surface area (Å²) in [5.74, 6) is 0.117. The molecule has 4 bridgehead atoms. The molecule has 4 heteroatoms. The van der Waals surface area contributed by atoms with Crippen molar-refractivity contribution < 1.29 is 19.1 Å². The second kappa shape index (κ2) is 4.77. The maximum Gasteiger partial charge on any atom is 0.309 e. The van der Waals surface area contributed by atoms with Crippen LogP contribution in [0, 0.1) is 47.3 Å². The minimum absolute atomic E-state index is 0.0631. The maximum absolute atomic E-state index is 12.6. The number of hydrogen-bond donors (Lipinski definition) is 0. The van der Waals surface area contributed by atoms with Crippen molar-refractivity contribution >= 4 is 17.5 Å². The van der Waals surface area contributed by atoms with Crippen LogP contribution in [0.2, 0.25) is 0 Å². The largest absolute Gasteiger partial charge is 0.465 e. The molecule has 0 aliphatic heterocycles. The van der Waals surface area contributed by atoms with Crippen molar-refractivity contribution in [1.29, 1.82) is 0 Å². The first-order chi connectivity index (χ1) is 10.5. The summed E-state index contributed by atoms with van der Waals surface area (Å²) in [5, 5.41) is 0. The fourth-order valence-electron chi connectivity index (χ4n) is 5.28. The van der Waals surface area contributed by atoms with Gasteiger partial charge in [-0.1, -0.05) is 26.0 Å². The molecule has 3 fully saturated rings. The molecule has 0 heterocycles. The van der Waals surface area contributed by atoms with Gasteiger partial charge in [0.2, 0.25) is 0 Å². The van der Waals surface area contributed by atoms with Crippen LogP contribution in [0.4, 0.5) is 0 Å². The molecular weight excluding hydrogens is 280 g/mol. The monoisotopic (exact) mass is 302 g/mol. The highest BCUT2D eigenvalue weighted by Crippen LogP contribution is 2.64. The zero-order valence-electron chi connectivity index (χ0n) is 13.0. The lowest BCUT2D eigenvalue weighted by molar-refractivity contribution is -0.153. The molecule has 0 aromatic carbocycles. The van der Waals surface area contributed by atoms with Gasteiger partial charge in [0.25, 0.3) is 0 Å². The van der Waals surface area contributed by atoms with Crippen LogP contribution in [0.5, 0.6) is 0 Å². The number of esters is 1. The Kier molecular flexibility index (Phi) is 3.07. The first-order valence-electron chi connectivity index (χ1n) is 8.43. The normalized spacial score (nSPS) is 44.2. The van der Waals surface area contributed by atoms with Gasteiger partial charge in [-0.15, -0.1) is 0 Å². The Balaban J connectivity index is 1.50. The van der Waals surface area contributed by atoms with Gasteiger partial charge in [0.05, 0.1) is 12.5 Å². The fourth-order valence-corrected chi connectivity index (χ4v) is 5.28. The van der Waals surface area contributed by atoms with Crippen molar-refractivity contribution in [3.8, 4) is 0 Å². The van der Waals surface area contributed by atoms with Crippen LogP contribution in [0.3, 0.4) is 0 Å². The van der Waals surface area contributed by atoms with Crippen molar-refractivity contribution in [3.05, 3.63) is 12.2 Å². The standard InChI is InChI=1S/C18H22O4/c1-8(2)5-6-22-18(21)12-7-11-13-9-3-4-10(16(9)19)14(13)15(12)17(11)20/h3-4,8-15H,5-7H2,1-2H3. The van der Waals surface area contributed by atoms with Crippen molar-refractivity contribution in [2.45, 2.75) is 26.7 Å². The lowest BCUT2D eigenvalue weighted by atomic mass is 9.69. The van der Waals surface area contributed by atoms with Crippen LogP contribution in [0.15, 0.2) is 12.2 Å². The number of carbonyl (C=O) groups excluding carboxylic acids is 3. The Morgan fingerprint density at radius 2 is 1.86 bits per heavy atom. The van der Waals surface area contributed by atoms with Gasteiger partial charge in [0.15, 0.2) is 0 Å². The van der Waals surface area contributed by atoms with Crippen LogP contribution in [0.25, 0.3) is 0 Å². The van der Waals surface area contributed by atoms with E-state index in [9.17, 15) is 14.4 Å². The molecule has 3 saturated carbocycles. The topological polar surface area (TPSA) is 60.4 Å². The minimum Gasteiger partial charge on any atom is -0.465 e. The van der Waals surface area contributed by atoms with Gasteiger partial charge in [0, 0.05) is 23.7 Å². The average molecular weight is 302 g/mol. The summed E-state index contributed by atoms with van der Waals surface area (Å²) < 4.78 is 5.40. The fraction of sp³-hybridized carbons (Fsp3) is 0.722. The molecular formula is C18H22O4. The molecule has 4 nitrogen and oxygen atoms in total. The number of fused-ring (bicyclic) bond motifs is 9. The van der Waals surface area contributed by atoms with Crippen LogP contribution < -0.4 is 0 Å². The quantitative estimate of drug-likeness (QED) is 0.453. The number of ether oxygens (including phenoxy) is 1. The Bertz CT molecular complexity index is 576. The van der Waals surface area contributed by atoms with Crippen molar-refractivity contribution in [3.63, 3.8) is 0 Å². The zero-order chi connectivity index (χ0) is 15.6. The summed E-state index contributed by atoms with van der Waals surface area (Å²) in [6, 6.07) is 0. The van der Waals surface area contributed by atoms with E-state index >= 15 is 0 Å². The molecule has 7 atom stereocenters. The lowest BCUT2D eigenvalue weighted by Crippen LogP contribution is -2.35. The summed E-state index contributed by atoms with van der Waals surface area (Å²) in [7, 11) is 0. The summed E-state index contributed by atoms with van der Waals surface area (Å²) in [6.07, 6.45) is 5.38. The number of rotatable bonds is 4. The molecule has 0 aromatic rings. The van der Waals surface area contributed by atoms with E-state index in [2.05, 4.69) is 13.8 Å². The third-order valence-corrected chi connectivity index (χ3v) is 6.21. The van der Waals surface area contributed by atoms with E-state index in [0.29, 0.717) is 18.9 Å². The number of carbonyl (C=O) groups is 3. The van der Waals surface area contributed by atoms with Crippen LogP contribution in [-0.4, -0.2) is 24.1 Å². The molecule has 0 N–H and O–H groups in total. The van der Waals surface area contributed by atoms with Gasteiger partial charge in [-0.25, -0.2) is 0 Å². The second-order valence-corrected chi connectivity index (χ2v) is 7.72. The summed E-state index contributed by atoms with van der Waals surface area (Å²) >= 11 is 0. The maximum atomic E-state index is 12.6. The average Bonchev–Trinajstić information content (AvgIpc) is 3.16. The van der Waals surface area contributed by atoms with Gasteiger partial charge in [0.1, 0.15) is 11.6 Å². The summed E-state index contributed by atoms with van der Waals surface area (Å²) in [6.45, 7) is 4.61. The van der Waals surface area contributed by atoms with E-state index in [1.807, 2.05) is 12.2 Å². The number of allylic oxidation sites excluding steroid dienone is 2. The highest BCUT2D eigenvalue weighted by molar-refractivity contribution is 6.01. The van der Waals surface area contributed by atoms with Gasteiger partial charge in [-0.3, -0.25) is 14.4 Å². The summed E-state index contributed by atoms with van der Waals surface area (Å²) in [4.78, 5) is 37.2. The Labute approximate surface area is 130 Å². The van der Waals surface area contributed by atoms with Crippen molar-refractivity contribution in [2.75, 3.05) is 6.61 Å².